The summed E-state index contributed by atoms with van der Waals surface area (Å²) in [5.41, 5.74) is 5.45. The van der Waals surface area contributed by atoms with Crippen LogP contribution in [0.3, 0.4) is 0 Å². The van der Waals surface area contributed by atoms with Crippen molar-refractivity contribution < 1.29 is 0 Å². The van der Waals surface area contributed by atoms with Gasteiger partial charge in [0.15, 0.2) is 0 Å². The third-order valence-electron chi connectivity index (χ3n) is 2.69. The van der Waals surface area contributed by atoms with Gasteiger partial charge in [-0.25, -0.2) is 0 Å². The van der Waals surface area contributed by atoms with E-state index in [2.05, 4.69) is 46.4 Å². The third-order valence-corrected chi connectivity index (χ3v) is 2.69. The Labute approximate surface area is 93.5 Å². The predicted octanol–water partition coefficient (Wildman–Crippen LogP) is 2.88. The van der Waals surface area contributed by atoms with Crippen molar-refractivity contribution in [2.24, 2.45) is 0 Å². The van der Waals surface area contributed by atoms with Crippen molar-refractivity contribution in [3.8, 4) is 22.5 Å². The summed E-state index contributed by atoms with van der Waals surface area (Å²) in [5.74, 6) is 0. The molecule has 0 saturated carbocycles. The molecule has 78 valence electrons. The molecule has 0 aromatic heterocycles. The van der Waals surface area contributed by atoms with Crippen LogP contribution < -0.4 is 0 Å². The lowest BCUT2D eigenvalue weighted by Crippen LogP contribution is -1.85. The van der Waals surface area contributed by atoms with Crippen molar-refractivity contribution in [2.75, 3.05) is 0 Å². The molecule has 0 aliphatic carbocycles. The van der Waals surface area contributed by atoms with Gasteiger partial charge >= 0.3 is 0 Å². The molecule has 1 aromatic rings. The number of aromatic amines is 1. The number of aryl methyl sites for hydroxylation is 1. The molecule has 3 nitrogen and oxygen atoms in total. The summed E-state index contributed by atoms with van der Waals surface area (Å²) in [6, 6.07) is 10.5. The highest BCUT2D eigenvalue weighted by atomic mass is 15.1. The fourth-order valence-electron chi connectivity index (χ4n) is 1.74. The number of benzene rings is 1. The number of rotatable bonds is 1. The van der Waals surface area contributed by atoms with E-state index >= 15 is 0 Å². The molecular formula is C13H11N3. The van der Waals surface area contributed by atoms with E-state index in [1.54, 1.807) is 6.20 Å². The smallest absolute Gasteiger partial charge is 0.111 e. The second kappa shape index (κ2) is 3.45. The van der Waals surface area contributed by atoms with Crippen molar-refractivity contribution in [1.29, 1.82) is 0 Å². The Kier molecular flexibility index (Phi) is 1.96. The van der Waals surface area contributed by atoms with Gasteiger partial charge < -0.3 is 4.98 Å². The average Bonchev–Trinajstić information content (AvgIpc) is 2.77. The Morgan fingerprint density at radius 2 is 1.88 bits per heavy atom. The molecule has 0 unspecified atom stereocenters. The highest BCUT2D eigenvalue weighted by Crippen LogP contribution is 2.24. The maximum absolute atomic E-state index is 4.04. The van der Waals surface area contributed by atoms with Gasteiger partial charge in [0.05, 0.1) is 11.9 Å². The van der Waals surface area contributed by atoms with E-state index in [0.29, 0.717) is 0 Å². The summed E-state index contributed by atoms with van der Waals surface area (Å²) in [4.78, 5) is 3.19. The van der Waals surface area contributed by atoms with Gasteiger partial charge in [-0.3, -0.25) is 0 Å². The summed E-state index contributed by atoms with van der Waals surface area (Å²) < 4.78 is 0. The zero-order chi connectivity index (χ0) is 11.0. The number of fused-ring (bicyclic) bond motifs is 1. The summed E-state index contributed by atoms with van der Waals surface area (Å²) >= 11 is 0. The zero-order valence-corrected chi connectivity index (χ0v) is 8.94. The van der Waals surface area contributed by atoms with E-state index in [0.717, 1.165) is 17.0 Å². The van der Waals surface area contributed by atoms with E-state index in [1.807, 2.05) is 12.3 Å². The summed E-state index contributed by atoms with van der Waals surface area (Å²) in [6.07, 6.45) is 3.71. The van der Waals surface area contributed by atoms with Crippen LogP contribution in [-0.2, 0) is 0 Å². The van der Waals surface area contributed by atoms with Gasteiger partial charge in [0, 0.05) is 6.20 Å². The van der Waals surface area contributed by atoms with Crippen molar-refractivity contribution in [1.82, 2.24) is 15.2 Å². The highest BCUT2D eigenvalue weighted by Gasteiger charge is 2.06. The topological polar surface area (TPSA) is 41.6 Å². The van der Waals surface area contributed by atoms with Crippen molar-refractivity contribution >= 4 is 0 Å². The van der Waals surface area contributed by atoms with Crippen LogP contribution in [0.1, 0.15) is 5.56 Å². The van der Waals surface area contributed by atoms with E-state index in [-0.39, 0.29) is 0 Å². The molecule has 16 heavy (non-hydrogen) atoms. The molecule has 0 saturated heterocycles. The maximum atomic E-state index is 4.04. The molecule has 0 fully saturated rings. The first kappa shape index (κ1) is 9.09. The summed E-state index contributed by atoms with van der Waals surface area (Å²) in [5, 5.41) is 7.91. The zero-order valence-electron chi connectivity index (χ0n) is 8.94. The normalized spacial score (nSPS) is 10.8. The minimum absolute atomic E-state index is 0.901. The molecule has 1 aromatic carbocycles. The first-order valence-corrected chi connectivity index (χ1v) is 5.20. The monoisotopic (exact) mass is 209 g/mol. The number of nitrogens with zero attached hydrogens (tertiary/aromatic N) is 2. The van der Waals surface area contributed by atoms with Gasteiger partial charge in [-0.15, -0.1) is 5.10 Å². The lowest BCUT2D eigenvalue weighted by Gasteiger charge is -2.04. The molecule has 2 heterocycles. The van der Waals surface area contributed by atoms with E-state index in [9.17, 15) is 0 Å². The van der Waals surface area contributed by atoms with Crippen LogP contribution in [0.2, 0.25) is 0 Å². The van der Waals surface area contributed by atoms with Crippen LogP contribution >= 0.6 is 0 Å². The molecule has 0 bridgehead atoms. The van der Waals surface area contributed by atoms with Crippen molar-refractivity contribution in [2.45, 2.75) is 6.92 Å². The van der Waals surface area contributed by atoms with Gasteiger partial charge in [0.25, 0.3) is 0 Å². The maximum Gasteiger partial charge on any atom is 0.111 e. The van der Waals surface area contributed by atoms with Gasteiger partial charge in [-0.05, 0) is 24.1 Å². The molecule has 2 aliphatic heterocycles. The second-order valence-corrected chi connectivity index (χ2v) is 3.90. The Bertz CT molecular complexity index is 581. The van der Waals surface area contributed by atoms with E-state index < -0.39 is 0 Å². The van der Waals surface area contributed by atoms with E-state index in [1.165, 1.54) is 11.1 Å². The summed E-state index contributed by atoms with van der Waals surface area (Å²) in [7, 11) is 0. The Balaban J connectivity index is 2.12. The summed E-state index contributed by atoms with van der Waals surface area (Å²) in [6.45, 7) is 2.09. The molecular weight excluding hydrogens is 198 g/mol. The third kappa shape index (κ3) is 1.46. The average molecular weight is 209 g/mol. The van der Waals surface area contributed by atoms with Gasteiger partial charge in [0.2, 0.25) is 0 Å². The number of hydrogen-bond donors (Lipinski definition) is 1. The number of H-pyrrole nitrogens is 1. The molecule has 3 heteroatoms. The fraction of sp³-hybridized carbons (Fsp3) is 0.0769. The lowest BCUT2D eigenvalue weighted by atomic mass is 10.0. The lowest BCUT2D eigenvalue weighted by molar-refractivity contribution is 1.10. The second-order valence-electron chi connectivity index (χ2n) is 3.90. The fourth-order valence-corrected chi connectivity index (χ4v) is 1.74. The number of hydrogen-bond acceptors (Lipinski definition) is 2. The van der Waals surface area contributed by atoms with Gasteiger partial charge in [-0.1, -0.05) is 29.8 Å². The van der Waals surface area contributed by atoms with Gasteiger partial charge in [-0.2, -0.15) is 5.10 Å². The minimum atomic E-state index is 0.901. The molecule has 0 atom stereocenters. The molecule has 0 amide bonds. The Hall–Kier alpha value is -2.16. The van der Waals surface area contributed by atoms with Gasteiger partial charge in [0.1, 0.15) is 5.69 Å². The van der Waals surface area contributed by atoms with E-state index in [4.69, 9.17) is 0 Å². The van der Waals surface area contributed by atoms with Crippen LogP contribution in [0.15, 0.2) is 42.7 Å². The standard InChI is InChI=1S/C13H11N3/c1-9-2-4-10(5-3-9)11-6-12-13(14-7-11)8-15-16-12/h2-8,14H,1H3. The predicted molar refractivity (Wildman–Crippen MR) is 63.2 cm³/mol. The number of pyridine rings is 1. The number of aromatic nitrogens is 3. The first-order valence-electron chi connectivity index (χ1n) is 5.20. The molecule has 0 radical (unpaired) electrons. The first-order chi connectivity index (χ1) is 7.83. The number of nitrogens with one attached hydrogen (secondary N) is 1. The van der Waals surface area contributed by atoms with Crippen LogP contribution in [0, 0.1) is 6.92 Å². The highest BCUT2D eigenvalue weighted by molar-refractivity contribution is 5.69. The van der Waals surface area contributed by atoms with Crippen LogP contribution in [-0.4, -0.2) is 15.2 Å². The molecule has 0 spiro atoms. The van der Waals surface area contributed by atoms with Crippen LogP contribution in [0.5, 0.6) is 0 Å². The van der Waals surface area contributed by atoms with Crippen LogP contribution in [0.4, 0.5) is 0 Å². The molecule has 1 N–H and O–H groups in total. The SMILES string of the molecule is Cc1ccc(-c2c[nH]c3cnnc-3c2)cc1. The molecule has 3 rings (SSSR count). The Morgan fingerprint density at radius 3 is 2.69 bits per heavy atom. The Morgan fingerprint density at radius 1 is 1.06 bits per heavy atom. The minimum Gasteiger partial charge on any atom is -0.358 e. The van der Waals surface area contributed by atoms with Crippen LogP contribution in [0.25, 0.3) is 22.5 Å². The quantitative estimate of drug-likeness (QED) is 0.669. The van der Waals surface area contributed by atoms with Crippen molar-refractivity contribution in [3.63, 3.8) is 0 Å². The van der Waals surface area contributed by atoms with Crippen molar-refractivity contribution in [3.05, 3.63) is 48.3 Å². The largest absolute Gasteiger partial charge is 0.358 e. The molecule has 2 aliphatic rings.